The van der Waals surface area contributed by atoms with E-state index >= 15 is 0 Å². The molecule has 0 aromatic carbocycles. The number of carbonyl (C=O) groups is 2. The quantitative estimate of drug-likeness (QED) is 0.720. The molecule has 5 nitrogen and oxygen atoms in total. The fraction of sp³-hybridized carbons (Fsp3) is 0.875. The highest BCUT2D eigenvalue weighted by molar-refractivity contribution is 5.83. The predicted molar refractivity (Wildman–Crippen MR) is 80.8 cm³/mol. The highest BCUT2D eigenvalue weighted by atomic mass is 16.4. The van der Waals surface area contributed by atoms with Crippen molar-refractivity contribution in [3.63, 3.8) is 0 Å². The zero-order valence-electron chi connectivity index (χ0n) is 13.3. The van der Waals surface area contributed by atoms with Crippen molar-refractivity contribution in [1.82, 2.24) is 10.6 Å². The van der Waals surface area contributed by atoms with E-state index in [-0.39, 0.29) is 23.9 Å². The smallest absolute Gasteiger partial charge is 0.308 e. The third-order valence-corrected chi connectivity index (χ3v) is 4.76. The van der Waals surface area contributed by atoms with E-state index in [2.05, 4.69) is 10.6 Å². The molecular formula is C16H28N2O3. The van der Waals surface area contributed by atoms with Crippen LogP contribution in [0.1, 0.15) is 46.5 Å². The fourth-order valence-electron chi connectivity index (χ4n) is 3.79. The van der Waals surface area contributed by atoms with Crippen LogP contribution in [-0.2, 0) is 9.59 Å². The number of carboxylic acids is 1. The summed E-state index contributed by atoms with van der Waals surface area (Å²) in [5.41, 5.74) is -0.0596. The van der Waals surface area contributed by atoms with Gasteiger partial charge in [-0.1, -0.05) is 27.2 Å². The van der Waals surface area contributed by atoms with Crippen LogP contribution in [0.25, 0.3) is 0 Å². The van der Waals surface area contributed by atoms with E-state index in [1.165, 1.54) is 12.8 Å². The number of hydrogen-bond donors (Lipinski definition) is 3. The molecule has 2 fully saturated rings. The van der Waals surface area contributed by atoms with Crippen molar-refractivity contribution < 1.29 is 14.7 Å². The first kappa shape index (κ1) is 16.3. The molecule has 0 radical (unpaired) electrons. The molecule has 1 saturated carbocycles. The molecule has 4 unspecified atom stereocenters. The van der Waals surface area contributed by atoms with Gasteiger partial charge in [-0.2, -0.15) is 0 Å². The highest BCUT2D eigenvalue weighted by Gasteiger charge is 2.42. The van der Waals surface area contributed by atoms with Gasteiger partial charge in [-0.25, -0.2) is 0 Å². The molecule has 1 aliphatic heterocycles. The van der Waals surface area contributed by atoms with Gasteiger partial charge in [0.15, 0.2) is 0 Å². The Morgan fingerprint density at radius 1 is 1.33 bits per heavy atom. The van der Waals surface area contributed by atoms with Crippen molar-refractivity contribution >= 4 is 11.9 Å². The SMILES string of the molecule is CC(C)(C)CC(CNC(=O)C1NCC2CCCC21)C(=O)O. The summed E-state index contributed by atoms with van der Waals surface area (Å²) in [4.78, 5) is 23.6. The van der Waals surface area contributed by atoms with Gasteiger partial charge in [0.05, 0.1) is 12.0 Å². The molecule has 120 valence electrons. The summed E-state index contributed by atoms with van der Waals surface area (Å²) in [6, 6.07) is -0.124. The molecular weight excluding hydrogens is 268 g/mol. The molecule has 4 atom stereocenters. The number of carboxylic acid groups (broad SMARTS) is 1. The monoisotopic (exact) mass is 296 g/mol. The standard InChI is InChI=1S/C16H28N2O3/c1-16(2,3)7-11(15(20)21)9-18-14(19)13-12-6-4-5-10(12)8-17-13/h10-13,17H,4-9H2,1-3H3,(H,18,19)(H,20,21). The lowest BCUT2D eigenvalue weighted by Gasteiger charge is -2.24. The summed E-state index contributed by atoms with van der Waals surface area (Å²) < 4.78 is 0. The Labute approximate surface area is 126 Å². The van der Waals surface area contributed by atoms with Crippen molar-refractivity contribution in [2.75, 3.05) is 13.1 Å². The van der Waals surface area contributed by atoms with E-state index in [0.29, 0.717) is 18.3 Å². The Bertz CT molecular complexity index is 403. The maximum atomic E-state index is 12.3. The minimum Gasteiger partial charge on any atom is -0.481 e. The third-order valence-electron chi connectivity index (χ3n) is 4.76. The van der Waals surface area contributed by atoms with E-state index < -0.39 is 11.9 Å². The second-order valence-corrected chi connectivity index (χ2v) is 7.79. The van der Waals surface area contributed by atoms with Crippen LogP contribution in [-0.4, -0.2) is 36.1 Å². The minimum absolute atomic E-state index is 0.0236. The molecule has 2 aliphatic rings. The van der Waals surface area contributed by atoms with Crippen molar-refractivity contribution in [3.05, 3.63) is 0 Å². The number of rotatable bonds is 5. The third kappa shape index (κ3) is 4.19. The highest BCUT2D eigenvalue weighted by Crippen LogP contribution is 2.37. The summed E-state index contributed by atoms with van der Waals surface area (Å²) in [5, 5.41) is 15.5. The van der Waals surface area contributed by atoms with Crippen LogP contribution in [0.2, 0.25) is 0 Å². The van der Waals surface area contributed by atoms with Crippen LogP contribution in [0, 0.1) is 23.2 Å². The number of fused-ring (bicyclic) bond motifs is 1. The fourth-order valence-corrected chi connectivity index (χ4v) is 3.79. The van der Waals surface area contributed by atoms with Crippen LogP contribution >= 0.6 is 0 Å². The van der Waals surface area contributed by atoms with Gasteiger partial charge in [-0.05, 0) is 43.1 Å². The van der Waals surface area contributed by atoms with Crippen molar-refractivity contribution in [2.24, 2.45) is 23.2 Å². The first-order valence-electron chi connectivity index (χ1n) is 8.02. The molecule has 0 bridgehead atoms. The molecule has 0 aromatic rings. The van der Waals surface area contributed by atoms with Crippen LogP contribution in [0.3, 0.4) is 0 Å². The molecule has 0 aromatic heterocycles. The number of amides is 1. The van der Waals surface area contributed by atoms with Crippen molar-refractivity contribution in [1.29, 1.82) is 0 Å². The molecule has 1 saturated heterocycles. The molecule has 3 N–H and O–H groups in total. The predicted octanol–water partition coefficient (Wildman–Crippen LogP) is 1.63. The van der Waals surface area contributed by atoms with Crippen LogP contribution < -0.4 is 10.6 Å². The van der Waals surface area contributed by atoms with Crippen molar-refractivity contribution in [2.45, 2.75) is 52.5 Å². The zero-order valence-corrected chi connectivity index (χ0v) is 13.3. The number of aliphatic carboxylic acids is 1. The second-order valence-electron chi connectivity index (χ2n) is 7.79. The molecule has 5 heteroatoms. The normalized spacial score (nSPS) is 30.0. The van der Waals surface area contributed by atoms with Crippen LogP contribution in [0.5, 0.6) is 0 Å². The lowest BCUT2D eigenvalue weighted by Crippen LogP contribution is -2.46. The first-order valence-corrected chi connectivity index (χ1v) is 8.02. The van der Waals surface area contributed by atoms with E-state index in [4.69, 9.17) is 0 Å². The summed E-state index contributed by atoms with van der Waals surface area (Å²) in [7, 11) is 0. The Hall–Kier alpha value is -1.10. The van der Waals surface area contributed by atoms with E-state index in [0.717, 1.165) is 13.0 Å². The number of hydrogen-bond acceptors (Lipinski definition) is 3. The minimum atomic E-state index is -0.830. The average Bonchev–Trinajstić information content (AvgIpc) is 2.94. The Morgan fingerprint density at radius 3 is 2.67 bits per heavy atom. The van der Waals surface area contributed by atoms with Gasteiger partial charge in [-0.15, -0.1) is 0 Å². The van der Waals surface area contributed by atoms with Gasteiger partial charge in [0.25, 0.3) is 0 Å². The Morgan fingerprint density at radius 2 is 2.05 bits per heavy atom. The average molecular weight is 296 g/mol. The van der Waals surface area contributed by atoms with Gasteiger partial charge in [0, 0.05) is 6.54 Å². The van der Waals surface area contributed by atoms with Crippen LogP contribution in [0.15, 0.2) is 0 Å². The topological polar surface area (TPSA) is 78.4 Å². The van der Waals surface area contributed by atoms with E-state index in [1.807, 2.05) is 20.8 Å². The summed E-state index contributed by atoms with van der Waals surface area (Å²) in [6.07, 6.45) is 4.10. The van der Waals surface area contributed by atoms with Gasteiger partial charge in [0.2, 0.25) is 5.91 Å². The van der Waals surface area contributed by atoms with Gasteiger partial charge >= 0.3 is 5.97 Å². The molecule has 2 rings (SSSR count). The molecule has 21 heavy (non-hydrogen) atoms. The Kier molecular flexibility index (Phi) is 4.91. The maximum absolute atomic E-state index is 12.3. The summed E-state index contributed by atoms with van der Waals surface area (Å²) >= 11 is 0. The molecule has 1 aliphatic carbocycles. The Balaban J connectivity index is 1.86. The van der Waals surface area contributed by atoms with E-state index in [9.17, 15) is 14.7 Å². The maximum Gasteiger partial charge on any atom is 0.308 e. The zero-order chi connectivity index (χ0) is 15.6. The molecule has 1 heterocycles. The largest absolute Gasteiger partial charge is 0.481 e. The van der Waals surface area contributed by atoms with Gasteiger partial charge in [0.1, 0.15) is 0 Å². The van der Waals surface area contributed by atoms with Crippen LogP contribution in [0.4, 0.5) is 0 Å². The number of nitrogens with one attached hydrogen (secondary N) is 2. The lowest BCUT2D eigenvalue weighted by molar-refractivity contribution is -0.142. The summed E-state index contributed by atoms with van der Waals surface area (Å²) in [6.45, 7) is 7.21. The van der Waals surface area contributed by atoms with Gasteiger partial charge < -0.3 is 15.7 Å². The second kappa shape index (κ2) is 6.34. The molecule has 1 amide bonds. The van der Waals surface area contributed by atoms with Gasteiger partial charge in [-0.3, -0.25) is 9.59 Å². The first-order chi connectivity index (χ1) is 9.78. The number of carbonyl (C=O) groups excluding carboxylic acids is 1. The summed E-state index contributed by atoms with van der Waals surface area (Å²) in [5.74, 6) is -0.302. The van der Waals surface area contributed by atoms with Crippen molar-refractivity contribution in [3.8, 4) is 0 Å². The lowest BCUT2D eigenvalue weighted by atomic mass is 9.84. The van der Waals surface area contributed by atoms with E-state index in [1.54, 1.807) is 0 Å². The molecule has 0 spiro atoms.